The first kappa shape index (κ1) is 300. The van der Waals surface area contributed by atoms with Gasteiger partial charge in [0.25, 0.3) is 0 Å². The van der Waals surface area contributed by atoms with Gasteiger partial charge in [-0.15, -0.1) is 0 Å². The predicted octanol–water partition coefficient (Wildman–Crippen LogP) is -15.7. The summed E-state index contributed by atoms with van der Waals surface area (Å²) in [5.74, 6) is 0. The Morgan fingerprint density at radius 3 is 0.400 bits per heavy atom. The van der Waals surface area contributed by atoms with Crippen molar-refractivity contribution in [2.45, 2.75) is 0 Å². The smallest absolute Gasteiger partial charge is 1.00 e. The van der Waals surface area contributed by atoms with Crippen molar-refractivity contribution in [2.24, 2.45) is 0 Å². The van der Waals surface area contributed by atoms with E-state index >= 15 is 0 Å². The van der Waals surface area contributed by atoms with Gasteiger partial charge in [-0.05, 0) is 0 Å². The summed E-state index contributed by atoms with van der Waals surface area (Å²) in [7, 11) is 0. The maximum Gasteiger partial charge on any atom is 2.00 e. The summed E-state index contributed by atoms with van der Waals surface area (Å²) in [6, 6.07) is 0. The summed E-state index contributed by atoms with van der Waals surface area (Å²) in [5.41, 5.74) is 0. The molecule has 0 amide bonds. The molecule has 0 unspecified atom stereocenters. The first-order valence-corrected chi connectivity index (χ1v) is 0. The Morgan fingerprint density at radius 1 is 0.400 bits per heavy atom. The van der Waals surface area contributed by atoms with E-state index in [4.69, 9.17) is 0 Å². The van der Waals surface area contributed by atoms with Gasteiger partial charge in [-0.3, -0.25) is 0 Å². The third kappa shape index (κ3) is 170. The molecular weight excluding hydrogens is 285 g/mol. The zero-order valence-electron chi connectivity index (χ0n) is 4.60. The summed E-state index contributed by atoms with van der Waals surface area (Å²) in [6.45, 7) is 0. The molecule has 4 nitrogen and oxygen atoms in total. The van der Waals surface area contributed by atoms with Crippen molar-refractivity contribution in [1.82, 2.24) is 0 Å². The van der Waals surface area contributed by atoms with Crippen LogP contribution in [0.4, 0.5) is 0 Å². The number of hydrogen-bond acceptors (Lipinski definition) is 0. The van der Waals surface area contributed by atoms with E-state index in [1.165, 1.54) is 0 Å². The summed E-state index contributed by atoms with van der Waals surface area (Å²) < 4.78 is 0. The van der Waals surface area contributed by atoms with E-state index in [1.807, 2.05) is 0 Å². The Bertz CT molecular complexity index is 17.2. The van der Waals surface area contributed by atoms with Gasteiger partial charge in [-0.1, -0.05) is 0 Å². The monoisotopic (exact) mass is 291 g/mol. The van der Waals surface area contributed by atoms with Crippen LogP contribution in [-0.4, -0.2) is 45.0 Å². The molecule has 0 atom stereocenters. The van der Waals surface area contributed by atoms with Crippen molar-refractivity contribution in [3.05, 3.63) is 0 Å². The van der Waals surface area contributed by atoms with Gasteiger partial charge >= 0.3 is 40.1 Å². The quantitative estimate of drug-likeness (QED) is 0.393. The summed E-state index contributed by atoms with van der Waals surface area (Å²) in [5, 5.41) is 0. The molecular formula is H8Cl4MgMnO4. The van der Waals surface area contributed by atoms with Gasteiger partial charge in [0.1, 0.15) is 0 Å². The summed E-state index contributed by atoms with van der Waals surface area (Å²) in [4.78, 5) is 0. The molecule has 1 radical (unpaired) electrons. The molecule has 8 N–H and O–H groups in total. The first-order valence-electron chi connectivity index (χ1n) is 0. The van der Waals surface area contributed by atoms with Crippen LogP contribution < -0.4 is 49.6 Å². The SMILES string of the molecule is O.O.O.O.[Cl-].[Cl-].[Cl-].[Cl-].[Mg+2].[Mn+2]. The van der Waals surface area contributed by atoms with E-state index < -0.39 is 0 Å². The van der Waals surface area contributed by atoms with Crippen molar-refractivity contribution < 1.29 is 88.6 Å². The molecule has 0 bridgehead atoms. The zero-order chi connectivity index (χ0) is 0. The zero-order valence-corrected chi connectivity index (χ0v) is 10.2. The Morgan fingerprint density at radius 2 is 0.400 bits per heavy atom. The Kier molecular flexibility index (Phi) is 6840. The number of rotatable bonds is 0. The third-order valence-corrected chi connectivity index (χ3v) is 0. The van der Waals surface area contributed by atoms with Crippen LogP contribution in [0.2, 0.25) is 0 Å². The van der Waals surface area contributed by atoms with Gasteiger partial charge < -0.3 is 71.5 Å². The molecule has 0 aromatic heterocycles. The molecule has 0 heterocycles. The van der Waals surface area contributed by atoms with Gasteiger partial charge in [0.05, 0.1) is 0 Å². The molecule has 10 heteroatoms. The largest absolute Gasteiger partial charge is 2.00 e. The van der Waals surface area contributed by atoms with Gasteiger partial charge in [0.15, 0.2) is 0 Å². The molecule has 0 spiro atoms. The molecule has 69 valence electrons. The average molecular weight is 293 g/mol. The van der Waals surface area contributed by atoms with Crippen LogP contribution in [0.1, 0.15) is 0 Å². The molecule has 0 aliphatic rings. The van der Waals surface area contributed by atoms with Crippen molar-refractivity contribution in [2.75, 3.05) is 0 Å². The topological polar surface area (TPSA) is 126 Å². The van der Waals surface area contributed by atoms with Crippen LogP contribution in [0.3, 0.4) is 0 Å². The van der Waals surface area contributed by atoms with E-state index in [1.54, 1.807) is 0 Å². The number of halogens is 4. The molecule has 0 fully saturated rings. The van der Waals surface area contributed by atoms with Crippen LogP contribution in [0, 0.1) is 0 Å². The van der Waals surface area contributed by atoms with Gasteiger partial charge in [-0.25, -0.2) is 0 Å². The first-order chi connectivity index (χ1) is 0. The van der Waals surface area contributed by atoms with E-state index in [2.05, 4.69) is 0 Å². The second-order valence-corrected chi connectivity index (χ2v) is 0. The van der Waals surface area contributed by atoms with Crippen molar-refractivity contribution in [3.63, 3.8) is 0 Å². The fourth-order valence-electron chi connectivity index (χ4n) is 0. The Balaban J connectivity index is 0. The molecule has 0 saturated heterocycles. The van der Waals surface area contributed by atoms with Crippen LogP contribution in [0.15, 0.2) is 0 Å². The normalized spacial score (nSPS) is 0. The summed E-state index contributed by atoms with van der Waals surface area (Å²) >= 11 is 0. The molecule has 0 aromatic carbocycles. The minimum Gasteiger partial charge on any atom is -1.00 e. The maximum atomic E-state index is 0. The van der Waals surface area contributed by atoms with E-state index in [-0.39, 0.29) is 112 Å². The minimum atomic E-state index is 0. The van der Waals surface area contributed by atoms with E-state index in [9.17, 15) is 0 Å². The molecule has 0 aliphatic carbocycles. The van der Waals surface area contributed by atoms with E-state index in [0.717, 1.165) is 0 Å². The second kappa shape index (κ2) is 229. The Labute approximate surface area is 111 Å². The van der Waals surface area contributed by atoms with E-state index in [0.29, 0.717) is 0 Å². The van der Waals surface area contributed by atoms with Crippen molar-refractivity contribution in [1.29, 1.82) is 0 Å². The number of hydrogen-bond donors (Lipinski definition) is 0. The standard InChI is InChI=1S/4ClH.Mg.Mn.4H2O/h4*1H;;;4*1H2/q;;;;2*+2;;;;/p-4. The van der Waals surface area contributed by atoms with Gasteiger partial charge in [0, 0.05) is 0 Å². The molecule has 0 aromatic rings. The summed E-state index contributed by atoms with van der Waals surface area (Å²) in [6.07, 6.45) is 0. The van der Waals surface area contributed by atoms with Crippen molar-refractivity contribution >= 4 is 23.1 Å². The molecule has 0 saturated carbocycles. The third-order valence-electron chi connectivity index (χ3n) is 0. The van der Waals surface area contributed by atoms with Gasteiger partial charge in [-0.2, -0.15) is 0 Å². The van der Waals surface area contributed by atoms with Gasteiger partial charge in [0.2, 0.25) is 0 Å². The predicted molar refractivity (Wildman–Crippen MR) is 20.2 cm³/mol. The molecule has 0 aliphatic heterocycles. The Hall–Kier alpha value is 2.29. The second-order valence-electron chi connectivity index (χ2n) is 0. The fourth-order valence-corrected chi connectivity index (χ4v) is 0. The maximum absolute atomic E-state index is 0. The van der Waals surface area contributed by atoms with Crippen molar-refractivity contribution in [3.8, 4) is 0 Å². The molecule has 10 heavy (non-hydrogen) atoms. The van der Waals surface area contributed by atoms with Crippen LogP contribution in [0.5, 0.6) is 0 Å². The fraction of sp³-hybridized carbons (Fsp3) is 0. The van der Waals surface area contributed by atoms with Crippen LogP contribution in [0.25, 0.3) is 0 Å². The van der Waals surface area contributed by atoms with Crippen LogP contribution in [-0.2, 0) is 17.1 Å². The average Bonchev–Trinajstić information content (AvgIpc) is 0. The van der Waals surface area contributed by atoms with Crippen LogP contribution >= 0.6 is 0 Å². The minimum absolute atomic E-state index is 0. The molecule has 0 rings (SSSR count).